The van der Waals surface area contributed by atoms with Crippen LogP contribution in [0.5, 0.6) is 5.75 Å². The molecule has 1 aromatic rings. The molecule has 0 amide bonds. The van der Waals surface area contributed by atoms with Crippen molar-refractivity contribution in [1.29, 1.82) is 0 Å². The highest BCUT2D eigenvalue weighted by molar-refractivity contribution is 5.41. The van der Waals surface area contributed by atoms with Crippen molar-refractivity contribution in [3.8, 4) is 5.75 Å². The van der Waals surface area contributed by atoms with Crippen LogP contribution in [0.25, 0.3) is 0 Å². The molecule has 0 bridgehead atoms. The van der Waals surface area contributed by atoms with E-state index in [-0.39, 0.29) is 5.60 Å². The predicted octanol–water partition coefficient (Wildman–Crippen LogP) is 4.77. The maximum atomic E-state index is 5.85. The van der Waals surface area contributed by atoms with E-state index in [0.29, 0.717) is 0 Å². The molecule has 1 aliphatic heterocycles. The summed E-state index contributed by atoms with van der Waals surface area (Å²) >= 11 is 0. The molecule has 0 saturated carbocycles. The van der Waals surface area contributed by atoms with Gasteiger partial charge < -0.3 is 4.74 Å². The third-order valence-electron chi connectivity index (χ3n) is 2.95. The number of rotatable bonds is 3. The van der Waals surface area contributed by atoms with Crippen LogP contribution in [0.4, 0.5) is 0 Å². The Hall–Kier alpha value is -0.980. The second kappa shape index (κ2) is 6.09. The minimum atomic E-state index is -0.00822. The highest BCUT2D eigenvalue weighted by Crippen LogP contribution is 2.35. The van der Waals surface area contributed by atoms with Gasteiger partial charge in [-0.2, -0.15) is 0 Å². The molecule has 0 N–H and O–H groups in total. The average Bonchev–Trinajstić information content (AvgIpc) is 2.62. The molecule has 0 atom stereocenters. The monoisotopic (exact) mass is 234 g/mol. The number of ether oxygens (including phenoxy) is 1. The lowest BCUT2D eigenvalue weighted by Crippen LogP contribution is -2.24. The normalized spacial score (nSPS) is 15.6. The molecule has 17 heavy (non-hydrogen) atoms. The van der Waals surface area contributed by atoms with Gasteiger partial charge in [-0.1, -0.05) is 39.3 Å². The van der Waals surface area contributed by atoms with Crippen LogP contribution in [0.2, 0.25) is 0 Å². The first kappa shape index (κ1) is 14.1. The van der Waals surface area contributed by atoms with Crippen LogP contribution in [-0.2, 0) is 12.8 Å². The molecule has 1 aliphatic rings. The van der Waals surface area contributed by atoms with Gasteiger partial charge in [-0.05, 0) is 43.9 Å². The van der Waals surface area contributed by atoms with Gasteiger partial charge in [0.05, 0.1) is 0 Å². The van der Waals surface area contributed by atoms with E-state index in [4.69, 9.17) is 4.74 Å². The lowest BCUT2D eigenvalue weighted by atomic mass is 9.99. The topological polar surface area (TPSA) is 9.23 Å². The number of unbranched alkanes of at least 4 members (excludes halogenated alkanes) is 1. The van der Waals surface area contributed by atoms with Crippen molar-refractivity contribution < 1.29 is 4.74 Å². The molecule has 2 rings (SSSR count). The summed E-state index contributed by atoms with van der Waals surface area (Å²) in [7, 11) is 0. The highest BCUT2D eigenvalue weighted by Gasteiger charge is 2.29. The highest BCUT2D eigenvalue weighted by atomic mass is 16.5. The van der Waals surface area contributed by atoms with Gasteiger partial charge in [0.2, 0.25) is 0 Å². The van der Waals surface area contributed by atoms with Crippen LogP contribution in [0, 0.1) is 0 Å². The number of hydrogen-bond donors (Lipinski definition) is 0. The summed E-state index contributed by atoms with van der Waals surface area (Å²) in [6.07, 6.45) is 4.79. The molecule has 1 heterocycles. The Bertz CT molecular complexity index is 353. The quantitative estimate of drug-likeness (QED) is 0.732. The Labute approximate surface area is 106 Å². The fourth-order valence-electron chi connectivity index (χ4n) is 2.20. The summed E-state index contributed by atoms with van der Waals surface area (Å²) in [6, 6.07) is 6.66. The Morgan fingerprint density at radius 1 is 1.24 bits per heavy atom. The van der Waals surface area contributed by atoms with E-state index < -0.39 is 0 Å². The Kier molecular flexibility index (Phi) is 5.04. The molecule has 0 aromatic heterocycles. The lowest BCUT2D eigenvalue weighted by molar-refractivity contribution is 0.138. The van der Waals surface area contributed by atoms with Crippen LogP contribution in [-0.4, -0.2) is 5.60 Å². The zero-order valence-corrected chi connectivity index (χ0v) is 12.0. The van der Waals surface area contributed by atoms with E-state index in [1.54, 1.807) is 0 Å². The molecule has 0 unspecified atom stereocenters. The first-order valence-corrected chi connectivity index (χ1v) is 6.91. The van der Waals surface area contributed by atoms with Gasteiger partial charge in [0.25, 0.3) is 0 Å². The van der Waals surface area contributed by atoms with E-state index in [1.165, 1.54) is 30.4 Å². The van der Waals surface area contributed by atoms with Gasteiger partial charge in [-0.15, -0.1) is 0 Å². The zero-order chi connectivity index (χ0) is 12.9. The van der Waals surface area contributed by atoms with Crippen LogP contribution < -0.4 is 4.74 Å². The van der Waals surface area contributed by atoms with E-state index >= 15 is 0 Å². The Balaban J connectivity index is 0.000000686. The SMILES string of the molecule is CC.CCCCc1ccc2c(c1)CC(C)(C)O2. The van der Waals surface area contributed by atoms with Crippen molar-refractivity contribution in [2.24, 2.45) is 0 Å². The summed E-state index contributed by atoms with van der Waals surface area (Å²) in [5.74, 6) is 1.08. The molecular weight excluding hydrogens is 208 g/mol. The standard InChI is InChI=1S/C14H20O.C2H6/c1-4-5-6-11-7-8-13-12(9-11)10-14(2,3)15-13;1-2/h7-9H,4-6,10H2,1-3H3;1-2H3. The van der Waals surface area contributed by atoms with Crippen molar-refractivity contribution in [2.75, 3.05) is 0 Å². The molecular formula is C16H26O. The minimum Gasteiger partial charge on any atom is -0.487 e. The van der Waals surface area contributed by atoms with Gasteiger partial charge in [0.1, 0.15) is 11.4 Å². The fraction of sp³-hybridized carbons (Fsp3) is 0.625. The van der Waals surface area contributed by atoms with E-state index in [2.05, 4.69) is 39.0 Å². The maximum Gasteiger partial charge on any atom is 0.123 e. The van der Waals surface area contributed by atoms with Crippen molar-refractivity contribution in [2.45, 2.75) is 65.9 Å². The maximum absolute atomic E-state index is 5.85. The number of hydrogen-bond acceptors (Lipinski definition) is 1. The summed E-state index contributed by atoms with van der Waals surface area (Å²) < 4.78 is 5.85. The van der Waals surface area contributed by atoms with Crippen molar-refractivity contribution in [3.63, 3.8) is 0 Å². The van der Waals surface area contributed by atoms with Crippen LogP contribution in [0.3, 0.4) is 0 Å². The largest absolute Gasteiger partial charge is 0.487 e. The predicted molar refractivity (Wildman–Crippen MR) is 74.8 cm³/mol. The molecule has 0 radical (unpaired) electrons. The minimum absolute atomic E-state index is 0.00822. The van der Waals surface area contributed by atoms with Gasteiger partial charge >= 0.3 is 0 Å². The van der Waals surface area contributed by atoms with E-state index in [9.17, 15) is 0 Å². The summed E-state index contributed by atoms with van der Waals surface area (Å²) in [6.45, 7) is 10.5. The second-order valence-electron chi connectivity index (χ2n) is 5.08. The summed E-state index contributed by atoms with van der Waals surface area (Å²) in [4.78, 5) is 0. The van der Waals surface area contributed by atoms with Gasteiger partial charge in [-0.3, -0.25) is 0 Å². The zero-order valence-electron chi connectivity index (χ0n) is 12.0. The van der Waals surface area contributed by atoms with Gasteiger partial charge in [0.15, 0.2) is 0 Å². The van der Waals surface area contributed by atoms with Crippen LogP contribution >= 0.6 is 0 Å². The van der Waals surface area contributed by atoms with Crippen LogP contribution in [0.15, 0.2) is 18.2 Å². The molecule has 0 aliphatic carbocycles. The average molecular weight is 234 g/mol. The molecule has 96 valence electrons. The molecule has 0 spiro atoms. The molecule has 1 aromatic carbocycles. The third-order valence-corrected chi connectivity index (χ3v) is 2.95. The molecule has 1 heteroatoms. The first-order chi connectivity index (χ1) is 8.11. The fourth-order valence-corrected chi connectivity index (χ4v) is 2.20. The van der Waals surface area contributed by atoms with E-state index in [0.717, 1.165) is 12.2 Å². The third kappa shape index (κ3) is 3.76. The first-order valence-electron chi connectivity index (χ1n) is 6.91. The van der Waals surface area contributed by atoms with Crippen molar-refractivity contribution >= 4 is 0 Å². The smallest absolute Gasteiger partial charge is 0.123 e. The number of aryl methyl sites for hydroxylation is 1. The van der Waals surface area contributed by atoms with Crippen LogP contribution in [0.1, 0.15) is 58.6 Å². The summed E-state index contributed by atoms with van der Waals surface area (Å²) in [5.41, 5.74) is 2.83. The van der Waals surface area contributed by atoms with Gasteiger partial charge in [-0.25, -0.2) is 0 Å². The molecule has 0 fully saturated rings. The number of benzene rings is 1. The lowest BCUT2D eigenvalue weighted by Gasteiger charge is -2.16. The number of fused-ring (bicyclic) bond motifs is 1. The summed E-state index contributed by atoms with van der Waals surface area (Å²) in [5, 5.41) is 0. The van der Waals surface area contributed by atoms with Crippen molar-refractivity contribution in [1.82, 2.24) is 0 Å². The van der Waals surface area contributed by atoms with Gasteiger partial charge in [0, 0.05) is 6.42 Å². The van der Waals surface area contributed by atoms with E-state index in [1.807, 2.05) is 13.8 Å². The molecule has 0 saturated heterocycles. The Morgan fingerprint density at radius 2 is 1.94 bits per heavy atom. The Morgan fingerprint density at radius 3 is 2.59 bits per heavy atom. The van der Waals surface area contributed by atoms with Crippen molar-refractivity contribution in [3.05, 3.63) is 29.3 Å². The molecule has 1 nitrogen and oxygen atoms in total. The second-order valence-corrected chi connectivity index (χ2v) is 5.08.